The highest BCUT2D eigenvalue weighted by Crippen LogP contribution is 2.20. The SMILES string of the molecule is CCC(=CCC/C(=C/C(=O)OC)OS(=O)(=O)c1ccc(C)cc1)CC. The van der Waals surface area contributed by atoms with Gasteiger partial charge >= 0.3 is 16.1 Å². The van der Waals surface area contributed by atoms with Crippen LogP contribution in [0.2, 0.25) is 0 Å². The fourth-order valence-electron chi connectivity index (χ4n) is 2.18. The Morgan fingerprint density at radius 2 is 1.72 bits per heavy atom. The van der Waals surface area contributed by atoms with Crippen LogP contribution in [0.4, 0.5) is 0 Å². The van der Waals surface area contributed by atoms with Crippen molar-refractivity contribution < 1.29 is 22.1 Å². The van der Waals surface area contributed by atoms with Crippen LogP contribution in [0.15, 0.2) is 52.6 Å². The second kappa shape index (κ2) is 10.0. The molecule has 0 bridgehead atoms. The van der Waals surface area contributed by atoms with Crippen LogP contribution in [-0.2, 0) is 23.8 Å². The predicted molar refractivity (Wildman–Crippen MR) is 97.4 cm³/mol. The lowest BCUT2D eigenvalue weighted by Crippen LogP contribution is -2.08. The van der Waals surface area contributed by atoms with E-state index in [0.29, 0.717) is 12.8 Å². The Hall–Kier alpha value is -2.08. The van der Waals surface area contributed by atoms with Crippen molar-refractivity contribution in [3.63, 3.8) is 0 Å². The second-order valence-electron chi connectivity index (χ2n) is 5.59. The van der Waals surface area contributed by atoms with Crippen LogP contribution in [0.3, 0.4) is 0 Å². The molecule has 0 spiro atoms. The van der Waals surface area contributed by atoms with E-state index in [1.807, 2.05) is 13.0 Å². The Kier molecular flexibility index (Phi) is 8.41. The monoisotopic (exact) mass is 366 g/mol. The Labute approximate surface area is 150 Å². The highest BCUT2D eigenvalue weighted by Gasteiger charge is 2.18. The van der Waals surface area contributed by atoms with Gasteiger partial charge in [-0.05, 0) is 38.3 Å². The van der Waals surface area contributed by atoms with Crippen molar-refractivity contribution >= 4 is 16.1 Å². The average molecular weight is 366 g/mol. The van der Waals surface area contributed by atoms with Gasteiger partial charge in [0.1, 0.15) is 10.7 Å². The van der Waals surface area contributed by atoms with E-state index >= 15 is 0 Å². The van der Waals surface area contributed by atoms with E-state index in [9.17, 15) is 13.2 Å². The molecular weight excluding hydrogens is 340 g/mol. The molecule has 0 saturated heterocycles. The van der Waals surface area contributed by atoms with Crippen LogP contribution >= 0.6 is 0 Å². The second-order valence-corrected chi connectivity index (χ2v) is 7.14. The fourth-order valence-corrected chi connectivity index (χ4v) is 3.16. The van der Waals surface area contributed by atoms with Crippen LogP contribution in [0.5, 0.6) is 0 Å². The molecule has 5 nitrogen and oxygen atoms in total. The molecular formula is C19H26O5S. The minimum Gasteiger partial charge on any atom is -0.466 e. The quantitative estimate of drug-likeness (QED) is 0.214. The van der Waals surface area contributed by atoms with Crippen molar-refractivity contribution in [2.75, 3.05) is 7.11 Å². The number of hydrogen-bond donors (Lipinski definition) is 0. The summed E-state index contributed by atoms with van der Waals surface area (Å²) in [6.07, 6.45) is 5.89. The number of carbonyl (C=O) groups is 1. The number of aryl methyl sites for hydroxylation is 1. The molecule has 0 heterocycles. The van der Waals surface area contributed by atoms with E-state index in [1.54, 1.807) is 12.1 Å². The first-order chi connectivity index (χ1) is 11.8. The number of methoxy groups -OCH3 is 1. The number of hydrogen-bond acceptors (Lipinski definition) is 5. The smallest absolute Gasteiger partial charge is 0.338 e. The molecule has 138 valence electrons. The lowest BCUT2D eigenvalue weighted by molar-refractivity contribution is -0.135. The molecule has 1 rings (SSSR count). The number of allylic oxidation sites excluding steroid dienone is 3. The number of benzene rings is 1. The first-order valence-corrected chi connectivity index (χ1v) is 9.70. The zero-order valence-electron chi connectivity index (χ0n) is 15.2. The van der Waals surface area contributed by atoms with Crippen LogP contribution in [0.1, 0.15) is 45.1 Å². The van der Waals surface area contributed by atoms with Gasteiger partial charge in [0.25, 0.3) is 0 Å². The maximum atomic E-state index is 12.4. The molecule has 0 fully saturated rings. The van der Waals surface area contributed by atoms with Gasteiger partial charge in [-0.15, -0.1) is 0 Å². The van der Waals surface area contributed by atoms with Gasteiger partial charge in [-0.1, -0.05) is 43.2 Å². The van der Waals surface area contributed by atoms with E-state index < -0.39 is 16.1 Å². The molecule has 0 saturated carbocycles. The minimum atomic E-state index is -3.99. The minimum absolute atomic E-state index is 0.0483. The van der Waals surface area contributed by atoms with Gasteiger partial charge in [-0.25, -0.2) is 4.79 Å². The van der Waals surface area contributed by atoms with E-state index in [0.717, 1.165) is 24.5 Å². The Bertz CT molecular complexity index is 722. The first-order valence-electron chi connectivity index (χ1n) is 8.30. The van der Waals surface area contributed by atoms with Crippen molar-refractivity contribution in [2.45, 2.75) is 51.3 Å². The third-order valence-corrected chi connectivity index (χ3v) is 5.02. The molecule has 0 aliphatic heterocycles. The third-order valence-electron chi connectivity index (χ3n) is 3.74. The summed E-state index contributed by atoms with van der Waals surface area (Å²) >= 11 is 0. The highest BCUT2D eigenvalue weighted by atomic mass is 32.2. The maximum absolute atomic E-state index is 12.4. The normalized spacial score (nSPS) is 11.8. The van der Waals surface area contributed by atoms with Gasteiger partial charge in [0.15, 0.2) is 0 Å². The summed E-state index contributed by atoms with van der Waals surface area (Å²) in [5, 5.41) is 0. The summed E-state index contributed by atoms with van der Waals surface area (Å²) in [4.78, 5) is 11.6. The molecule has 0 aliphatic rings. The van der Waals surface area contributed by atoms with Gasteiger partial charge < -0.3 is 8.92 Å². The third kappa shape index (κ3) is 7.13. The molecule has 0 unspecified atom stereocenters. The summed E-state index contributed by atoms with van der Waals surface area (Å²) in [6, 6.07) is 6.34. The number of carbonyl (C=O) groups excluding carboxylic acids is 1. The summed E-state index contributed by atoms with van der Waals surface area (Å²) in [7, 11) is -2.76. The topological polar surface area (TPSA) is 69.7 Å². The van der Waals surface area contributed by atoms with Crippen LogP contribution < -0.4 is 0 Å². The molecule has 0 atom stereocenters. The van der Waals surface area contributed by atoms with E-state index in [2.05, 4.69) is 18.6 Å². The molecule has 0 N–H and O–H groups in total. The molecule has 6 heteroatoms. The summed E-state index contributed by atoms with van der Waals surface area (Å²) in [5.41, 5.74) is 2.22. The van der Waals surface area contributed by atoms with Crippen LogP contribution in [0, 0.1) is 6.92 Å². The van der Waals surface area contributed by atoms with Crippen LogP contribution in [0.25, 0.3) is 0 Å². The Balaban J connectivity index is 2.97. The number of esters is 1. The van der Waals surface area contributed by atoms with Gasteiger partial charge in [0.05, 0.1) is 13.2 Å². The fraction of sp³-hybridized carbons (Fsp3) is 0.421. The zero-order valence-corrected chi connectivity index (χ0v) is 16.1. The van der Waals surface area contributed by atoms with Crippen LogP contribution in [-0.4, -0.2) is 21.5 Å². The number of rotatable bonds is 9. The van der Waals surface area contributed by atoms with Gasteiger partial charge in [0.2, 0.25) is 0 Å². The van der Waals surface area contributed by atoms with Gasteiger partial charge in [-0.2, -0.15) is 8.42 Å². The lowest BCUT2D eigenvalue weighted by Gasteiger charge is -2.10. The number of ether oxygens (including phenoxy) is 1. The zero-order chi connectivity index (χ0) is 18.9. The Morgan fingerprint density at radius 1 is 1.12 bits per heavy atom. The largest absolute Gasteiger partial charge is 0.466 e. The molecule has 0 aliphatic carbocycles. The molecule has 1 aromatic rings. The predicted octanol–water partition coefficient (Wildman–Crippen LogP) is 4.28. The molecule has 0 radical (unpaired) electrons. The molecule has 1 aromatic carbocycles. The van der Waals surface area contributed by atoms with E-state index in [-0.39, 0.29) is 10.7 Å². The molecule has 25 heavy (non-hydrogen) atoms. The van der Waals surface area contributed by atoms with Crippen molar-refractivity contribution in [3.05, 3.63) is 53.3 Å². The van der Waals surface area contributed by atoms with Crippen molar-refractivity contribution in [1.82, 2.24) is 0 Å². The summed E-state index contributed by atoms with van der Waals surface area (Å²) in [6.45, 7) is 6.00. The summed E-state index contributed by atoms with van der Waals surface area (Å²) < 4.78 is 34.6. The highest BCUT2D eigenvalue weighted by molar-refractivity contribution is 7.86. The average Bonchev–Trinajstić information content (AvgIpc) is 2.58. The maximum Gasteiger partial charge on any atom is 0.338 e. The van der Waals surface area contributed by atoms with Crippen molar-refractivity contribution in [2.24, 2.45) is 0 Å². The Morgan fingerprint density at radius 3 is 2.24 bits per heavy atom. The van der Waals surface area contributed by atoms with Gasteiger partial charge in [0, 0.05) is 6.42 Å². The summed E-state index contributed by atoms with van der Waals surface area (Å²) in [5.74, 6) is -0.584. The van der Waals surface area contributed by atoms with Gasteiger partial charge in [-0.3, -0.25) is 0 Å². The van der Waals surface area contributed by atoms with Crippen molar-refractivity contribution in [3.8, 4) is 0 Å². The van der Waals surface area contributed by atoms with E-state index in [4.69, 9.17) is 4.18 Å². The molecule has 0 aromatic heterocycles. The standard InChI is InChI=1S/C19H26O5S/c1-5-16(6-2)8-7-9-17(14-19(20)23-4)24-25(21,22)18-12-10-15(3)11-13-18/h8,10-14H,5-7,9H2,1-4H3/b17-14-. The van der Waals surface area contributed by atoms with E-state index in [1.165, 1.54) is 24.8 Å². The lowest BCUT2D eigenvalue weighted by atomic mass is 10.1. The van der Waals surface area contributed by atoms with Crippen molar-refractivity contribution in [1.29, 1.82) is 0 Å². The first kappa shape index (κ1) is 21.0. The molecule has 0 amide bonds.